The lowest BCUT2D eigenvalue weighted by Gasteiger charge is -2.16. The highest BCUT2D eigenvalue weighted by atomic mass is 16.4. The number of nitrogens with zero attached hydrogens (tertiary/aromatic N) is 1. The van der Waals surface area contributed by atoms with Gasteiger partial charge in [-0.15, -0.1) is 0 Å². The van der Waals surface area contributed by atoms with Gasteiger partial charge in [0.25, 0.3) is 0 Å². The highest BCUT2D eigenvalue weighted by Gasteiger charge is 2.19. The van der Waals surface area contributed by atoms with Crippen LogP contribution in [0.4, 0.5) is 0 Å². The lowest BCUT2D eigenvalue weighted by Crippen LogP contribution is -2.23. The number of hydrogen-bond acceptors (Lipinski definition) is 5. The van der Waals surface area contributed by atoms with Crippen LogP contribution in [0.2, 0.25) is 0 Å². The molecule has 1 aromatic heterocycles. The molecule has 16 heavy (non-hydrogen) atoms. The Morgan fingerprint density at radius 2 is 2.12 bits per heavy atom. The molecule has 6 heteroatoms. The maximum absolute atomic E-state index is 10.6. The van der Waals surface area contributed by atoms with Gasteiger partial charge in [0.2, 0.25) is 0 Å². The molecule has 2 unspecified atom stereocenters. The lowest BCUT2D eigenvalue weighted by molar-refractivity contribution is 0.0123. The number of pyridine rings is 1. The zero-order chi connectivity index (χ0) is 12.1. The standard InChI is InChI=1S/C10H14N2O4/c11-5-4-8(13)9(14)6-2-1-3-7(12-6)10(15)16/h1-3,8-9,13-14H,4-5,11H2,(H,15,16). The van der Waals surface area contributed by atoms with Crippen LogP contribution in [0, 0.1) is 0 Å². The van der Waals surface area contributed by atoms with Crippen LogP contribution in [0.5, 0.6) is 0 Å². The van der Waals surface area contributed by atoms with Crippen molar-refractivity contribution in [3.8, 4) is 0 Å². The molecule has 0 aliphatic heterocycles. The number of rotatable bonds is 5. The summed E-state index contributed by atoms with van der Waals surface area (Å²) in [6, 6.07) is 4.23. The van der Waals surface area contributed by atoms with Gasteiger partial charge in [0.05, 0.1) is 11.8 Å². The summed E-state index contributed by atoms with van der Waals surface area (Å²) in [6.07, 6.45) is -2.04. The second-order valence-corrected chi connectivity index (χ2v) is 3.34. The number of carbonyl (C=O) groups is 1. The van der Waals surface area contributed by atoms with Crippen molar-refractivity contribution in [2.45, 2.75) is 18.6 Å². The molecule has 0 spiro atoms. The van der Waals surface area contributed by atoms with E-state index in [4.69, 9.17) is 10.8 Å². The molecule has 6 nitrogen and oxygen atoms in total. The molecule has 1 rings (SSSR count). The molecule has 5 N–H and O–H groups in total. The van der Waals surface area contributed by atoms with Crippen LogP contribution in [-0.2, 0) is 0 Å². The van der Waals surface area contributed by atoms with Crippen LogP contribution in [0.25, 0.3) is 0 Å². The van der Waals surface area contributed by atoms with Gasteiger partial charge in [-0.3, -0.25) is 0 Å². The maximum atomic E-state index is 10.6. The van der Waals surface area contributed by atoms with Gasteiger partial charge in [0.15, 0.2) is 0 Å². The van der Waals surface area contributed by atoms with E-state index in [1.165, 1.54) is 18.2 Å². The Morgan fingerprint density at radius 1 is 1.44 bits per heavy atom. The Labute approximate surface area is 92.4 Å². The number of hydrogen-bond donors (Lipinski definition) is 4. The lowest BCUT2D eigenvalue weighted by atomic mass is 10.1. The molecular formula is C10H14N2O4. The Balaban J connectivity index is 2.86. The summed E-state index contributed by atoms with van der Waals surface area (Å²) in [5.41, 5.74) is 5.19. The molecule has 0 aromatic carbocycles. The summed E-state index contributed by atoms with van der Waals surface area (Å²) in [5.74, 6) is -1.18. The highest BCUT2D eigenvalue weighted by Crippen LogP contribution is 2.16. The van der Waals surface area contributed by atoms with Crippen LogP contribution in [-0.4, -0.2) is 38.9 Å². The SMILES string of the molecule is NCCC(O)C(O)c1cccc(C(=O)O)n1. The molecule has 1 aromatic rings. The van der Waals surface area contributed by atoms with Crippen LogP contribution in [0.3, 0.4) is 0 Å². The number of aromatic nitrogens is 1. The largest absolute Gasteiger partial charge is 0.477 e. The van der Waals surface area contributed by atoms with Crippen LogP contribution in [0.15, 0.2) is 18.2 Å². The fraction of sp³-hybridized carbons (Fsp3) is 0.400. The number of carboxylic acid groups (broad SMARTS) is 1. The van der Waals surface area contributed by atoms with E-state index in [0.29, 0.717) is 0 Å². The Bertz CT molecular complexity index is 370. The third kappa shape index (κ3) is 2.99. The summed E-state index contributed by atoms with van der Waals surface area (Å²) >= 11 is 0. The first kappa shape index (κ1) is 12.6. The average Bonchev–Trinajstić information content (AvgIpc) is 2.28. The van der Waals surface area contributed by atoms with E-state index < -0.39 is 18.2 Å². The third-order valence-electron chi connectivity index (χ3n) is 2.12. The van der Waals surface area contributed by atoms with Crippen LogP contribution >= 0.6 is 0 Å². The zero-order valence-electron chi connectivity index (χ0n) is 8.58. The van der Waals surface area contributed by atoms with E-state index >= 15 is 0 Å². The van der Waals surface area contributed by atoms with Crippen molar-refractivity contribution in [3.63, 3.8) is 0 Å². The van der Waals surface area contributed by atoms with Gasteiger partial charge in [-0.25, -0.2) is 9.78 Å². The zero-order valence-corrected chi connectivity index (χ0v) is 8.58. The quantitative estimate of drug-likeness (QED) is 0.539. The predicted octanol–water partition coefficient (Wildman–Crippen LogP) is -0.477. The summed E-state index contributed by atoms with van der Waals surface area (Å²) in [4.78, 5) is 14.4. The summed E-state index contributed by atoms with van der Waals surface area (Å²) in [6.45, 7) is 0.233. The van der Waals surface area contributed by atoms with Crippen LogP contribution < -0.4 is 5.73 Å². The van der Waals surface area contributed by atoms with Gasteiger partial charge < -0.3 is 21.1 Å². The minimum atomic E-state index is -1.22. The fourth-order valence-electron chi connectivity index (χ4n) is 1.26. The average molecular weight is 226 g/mol. The van der Waals surface area contributed by atoms with E-state index in [1.807, 2.05) is 0 Å². The van der Waals surface area contributed by atoms with E-state index in [2.05, 4.69) is 4.98 Å². The number of aliphatic hydroxyl groups is 2. The van der Waals surface area contributed by atoms with Crippen molar-refractivity contribution in [1.82, 2.24) is 4.98 Å². The first-order valence-corrected chi connectivity index (χ1v) is 4.82. The van der Waals surface area contributed by atoms with Crippen LogP contribution in [0.1, 0.15) is 28.7 Å². The van der Waals surface area contributed by atoms with Crippen molar-refractivity contribution >= 4 is 5.97 Å². The Kier molecular flexibility index (Phi) is 4.36. The molecule has 1 heterocycles. The smallest absolute Gasteiger partial charge is 0.354 e. The molecule has 0 aliphatic rings. The molecule has 0 radical (unpaired) electrons. The molecule has 0 saturated heterocycles. The third-order valence-corrected chi connectivity index (χ3v) is 2.12. The Morgan fingerprint density at radius 3 is 2.69 bits per heavy atom. The second-order valence-electron chi connectivity index (χ2n) is 3.34. The van der Waals surface area contributed by atoms with E-state index in [0.717, 1.165) is 0 Å². The fourth-order valence-corrected chi connectivity index (χ4v) is 1.26. The van der Waals surface area contributed by atoms with Gasteiger partial charge in [-0.05, 0) is 25.1 Å². The van der Waals surface area contributed by atoms with E-state index in [9.17, 15) is 15.0 Å². The Hall–Kier alpha value is -1.50. The summed E-state index contributed by atoms with van der Waals surface area (Å²) in [7, 11) is 0. The predicted molar refractivity (Wildman–Crippen MR) is 55.8 cm³/mol. The van der Waals surface area contributed by atoms with Crippen molar-refractivity contribution in [3.05, 3.63) is 29.6 Å². The second kappa shape index (κ2) is 5.55. The van der Waals surface area contributed by atoms with Gasteiger partial charge >= 0.3 is 5.97 Å². The molecule has 0 amide bonds. The number of nitrogens with two attached hydrogens (primary N) is 1. The first-order valence-electron chi connectivity index (χ1n) is 4.82. The van der Waals surface area contributed by atoms with Crippen molar-refractivity contribution in [2.75, 3.05) is 6.54 Å². The maximum Gasteiger partial charge on any atom is 0.354 e. The monoisotopic (exact) mass is 226 g/mol. The molecule has 0 aliphatic carbocycles. The number of aliphatic hydroxyl groups excluding tert-OH is 2. The summed E-state index contributed by atoms with van der Waals surface area (Å²) < 4.78 is 0. The number of carboxylic acids is 1. The van der Waals surface area contributed by atoms with E-state index in [1.54, 1.807) is 0 Å². The number of aromatic carboxylic acids is 1. The molecule has 0 fully saturated rings. The minimum Gasteiger partial charge on any atom is -0.477 e. The van der Waals surface area contributed by atoms with Crippen molar-refractivity contribution in [1.29, 1.82) is 0 Å². The van der Waals surface area contributed by atoms with Gasteiger partial charge in [-0.1, -0.05) is 6.07 Å². The topological polar surface area (TPSA) is 117 Å². The van der Waals surface area contributed by atoms with E-state index in [-0.39, 0.29) is 24.4 Å². The first-order chi connectivity index (χ1) is 7.56. The molecule has 0 bridgehead atoms. The normalized spacial score (nSPS) is 14.4. The van der Waals surface area contributed by atoms with Gasteiger partial charge in [0.1, 0.15) is 11.8 Å². The molecular weight excluding hydrogens is 212 g/mol. The van der Waals surface area contributed by atoms with Crippen molar-refractivity contribution < 1.29 is 20.1 Å². The molecule has 2 atom stereocenters. The minimum absolute atomic E-state index is 0.126. The molecule has 88 valence electrons. The highest BCUT2D eigenvalue weighted by molar-refractivity contribution is 5.85. The summed E-state index contributed by atoms with van der Waals surface area (Å²) in [5, 5.41) is 27.9. The van der Waals surface area contributed by atoms with Crippen molar-refractivity contribution in [2.24, 2.45) is 5.73 Å². The van der Waals surface area contributed by atoms with Gasteiger partial charge in [-0.2, -0.15) is 0 Å². The van der Waals surface area contributed by atoms with Gasteiger partial charge in [0, 0.05) is 0 Å². The molecule has 0 saturated carbocycles.